The lowest BCUT2D eigenvalue weighted by Gasteiger charge is -2.55. The number of benzene rings is 1. The van der Waals surface area contributed by atoms with Gasteiger partial charge in [-0.1, -0.05) is 0 Å². The fourth-order valence-electron chi connectivity index (χ4n) is 5.85. The predicted octanol–water partition coefficient (Wildman–Crippen LogP) is 3.80. The van der Waals surface area contributed by atoms with Crippen molar-refractivity contribution in [2.45, 2.75) is 51.9 Å². The van der Waals surface area contributed by atoms with Crippen LogP contribution in [0.3, 0.4) is 0 Å². The summed E-state index contributed by atoms with van der Waals surface area (Å²) in [6.45, 7) is 2.11. The van der Waals surface area contributed by atoms with Gasteiger partial charge in [-0.15, -0.1) is 0 Å². The zero-order chi connectivity index (χ0) is 18.3. The molecule has 0 heterocycles. The van der Waals surface area contributed by atoms with Gasteiger partial charge < -0.3 is 10.6 Å². The number of anilines is 1. The first kappa shape index (κ1) is 17.5. The van der Waals surface area contributed by atoms with E-state index in [0.717, 1.165) is 37.0 Å². The molecule has 0 unspecified atom stereocenters. The number of aryl methyl sites for hydroxylation is 1. The van der Waals surface area contributed by atoms with Crippen LogP contribution < -0.4 is 10.6 Å². The molecule has 4 fully saturated rings. The second-order valence-corrected chi connectivity index (χ2v) is 8.71. The first-order valence-electron chi connectivity index (χ1n) is 9.78. The molecule has 2 N–H and O–H groups in total. The van der Waals surface area contributed by atoms with Crippen molar-refractivity contribution in [1.29, 1.82) is 0 Å². The molecular formula is C21H27FN2O2. The SMILES string of the molecule is Cc1cc(F)ccc1NC(=O)CCNC(=O)C12CC3CC(CC(C3)C1)C2. The third-order valence-corrected chi connectivity index (χ3v) is 6.62. The van der Waals surface area contributed by atoms with E-state index in [1.807, 2.05) is 0 Å². The van der Waals surface area contributed by atoms with E-state index in [4.69, 9.17) is 0 Å². The van der Waals surface area contributed by atoms with Crippen LogP contribution in [-0.2, 0) is 9.59 Å². The number of amides is 2. The van der Waals surface area contributed by atoms with Crippen molar-refractivity contribution in [2.75, 3.05) is 11.9 Å². The summed E-state index contributed by atoms with van der Waals surface area (Å²) >= 11 is 0. The maximum absolute atomic E-state index is 13.1. The lowest BCUT2D eigenvalue weighted by atomic mass is 9.49. The Morgan fingerprint density at radius 2 is 1.73 bits per heavy atom. The molecule has 0 spiro atoms. The van der Waals surface area contributed by atoms with Gasteiger partial charge in [0.05, 0.1) is 0 Å². The van der Waals surface area contributed by atoms with E-state index in [9.17, 15) is 14.0 Å². The summed E-state index contributed by atoms with van der Waals surface area (Å²) in [5.41, 5.74) is 1.14. The molecule has 4 bridgehead atoms. The molecule has 0 aromatic heterocycles. The van der Waals surface area contributed by atoms with Gasteiger partial charge in [-0.3, -0.25) is 9.59 Å². The largest absolute Gasteiger partial charge is 0.355 e. The standard InChI is InChI=1S/C21H27FN2O2/c1-13-6-17(22)2-3-18(13)24-19(25)4-5-23-20(26)21-10-14-7-15(11-21)9-16(8-14)12-21/h2-3,6,14-16H,4-5,7-12H2,1H3,(H,23,26)(H,24,25). The van der Waals surface area contributed by atoms with Crippen molar-refractivity contribution in [3.05, 3.63) is 29.6 Å². The molecule has 4 aliphatic carbocycles. The summed E-state index contributed by atoms with van der Waals surface area (Å²) < 4.78 is 13.1. The van der Waals surface area contributed by atoms with Crippen LogP contribution in [0.15, 0.2) is 18.2 Å². The second-order valence-electron chi connectivity index (χ2n) is 8.71. The number of halogens is 1. The van der Waals surface area contributed by atoms with Gasteiger partial charge >= 0.3 is 0 Å². The first-order valence-corrected chi connectivity index (χ1v) is 9.78. The van der Waals surface area contributed by atoms with Crippen LogP contribution in [0.2, 0.25) is 0 Å². The zero-order valence-electron chi connectivity index (χ0n) is 15.3. The Morgan fingerprint density at radius 1 is 1.12 bits per heavy atom. The topological polar surface area (TPSA) is 58.2 Å². The minimum atomic E-state index is -0.316. The number of carbonyl (C=O) groups is 2. The van der Waals surface area contributed by atoms with Crippen LogP contribution in [0.4, 0.5) is 10.1 Å². The Kier molecular flexibility index (Phi) is 4.49. The van der Waals surface area contributed by atoms with E-state index in [0.29, 0.717) is 17.8 Å². The van der Waals surface area contributed by atoms with Crippen molar-refractivity contribution in [2.24, 2.45) is 23.2 Å². The van der Waals surface area contributed by atoms with Gasteiger partial charge in [0.25, 0.3) is 0 Å². The summed E-state index contributed by atoms with van der Waals surface area (Å²) in [5.74, 6) is 1.88. The summed E-state index contributed by atoms with van der Waals surface area (Å²) in [6.07, 6.45) is 7.27. The third kappa shape index (κ3) is 3.36. The van der Waals surface area contributed by atoms with E-state index < -0.39 is 0 Å². The van der Waals surface area contributed by atoms with Crippen molar-refractivity contribution in [3.8, 4) is 0 Å². The molecule has 5 heteroatoms. The zero-order valence-corrected chi connectivity index (χ0v) is 15.3. The van der Waals surface area contributed by atoms with Gasteiger partial charge in [-0.25, -0.2) is 4.39 Å². The lowest BCUT2D eigenvalue weighted by Crippen LogP contribution is -2.53. The summed E-state index contributed by atoms with van der Waals surface area (Å²) in [7, 11) is 0. The summed E-state index contributed by atoms with van der Waals surface area (Å²) in [5, 5.41) is 5.81. The number of rotatable bonds is 5. The van der Waals surface area contributed by atoms with Crippen molar-refractivity contribution in [3.63, 3.8) is 0 Å². The molecule has 1 aromatic carbocycles. The van der Waals surface area contributed by atoms with Gasteiger partial charge in [0.1, 0.15) is 5.82 Å². The highest BCUT2D eigenvalue weighted by Gasteiger charge is 2.54. The average molecular weight is 358 g/mol. The highest BCUT2D eigenvalue weighted by molar-refractivity contribution is 5.92. The number of hydrogen-bond donors (Lipinski definition) is 2. The maximum Gasteiger partial charge on any atom is 0.226 e. The van der Waals surface area contributed by atoms with Crippen molar-refractivity contribution in [1.82, 2.24) is 5.32 Å². The molecule has 26 heavy (non-hydrogen) atoms. The second kappa shape index (κ2) is 6.67. The molecule has 140 valence electrons. The molecule has 0 saturated heterocycles. The molecule has 4 aliphatic rings. The Hall–Kier alpha value is -1.91. The minimum absolute atomic E-state index is 0.155. The van der Waals surface area contributed by atoms with Crippen LogP contribution in [0.5, 0.6) is 0 Å². The van der Waals surface area contributed by atoms with E-state index in [2.05, 4.69) is 10.6 Å². The Morgan fingerprint density at radius 3 is 2.31 bits per heavy atom. The molecule has 4 saturated carbocycles. The normalized spacial score (nSPS) is 31.7. The van der Waals surface area contributed by atoms with Crippen LogP contribution in [0.25, 0.3) is 0 Å². The van der Waals surface area contributed by atoms with Gasteiger partial charge in [-0.2, -0.15) is 0 Å². The number of carbonyl (C=O) groups excluding carboxylic acids is 2. The average Bonchev–Trinajstić information content (AvgIpc) is 2.56. The van der Waals surface area contributed by atoms with Crippen molar-refractivity contribution >= 4 is 17.5 Å². The van der Waals surface area contributed by atoms with Crippen LogP contribution in [-0.4, -0.2) is 18.4 Å². The smallest absolute Gasteiger partial charge is 0.226 e. The van der Waals surface area contributed by atoms with E-state index in [-0.39, 0.29) is 29.5 Å². The fourth-order valence-corrected chi connectivity index (χ4v) is 5.85. The molecule has 0 radical (unpaired) electrons. The fraction of sp³-hybridized carbons (Fsp3) is 0.619. The monoisotopic (exact) mass is 358 g/mol. The number of nitrogens with one attached hydrogen (secondary N) is 2. The van der Waals surface area contributed by atoms with Crippen LogP contribution in [0, 0.1) is 35.9 Å². The first-order chi connectivity index (χ1) is 12.4. The van der Waals surface area contributed by atoms with E-state index in [1.54, 1.807) is 13.0 Å². The molecule has 1 aromatic rings. The van der Waals surface area contributed by atoms with Gasteiger partial charge in [0, 0.05) is 24.1 Å². The van der Waals surface area contributed by atoms with E-state index in [1.165, 1.54) is 31.4 Å². The molecule has 0 atom stereocenters. The third-order valence-electron chi connectivity index (χ3n) is 6.62. The Balaban J connectivity index is 1.28. The highest BCUT2D eigenvalue weighted by Crippen LogP contribution is 2.60. The van der Waals surface area contributed by atoms with Gasteiger partial charge in [-0.05, 0) is 87.0 Å². The molecule has 4 nitrogen and oxygen atoms in total. The van der Waals surface area contributed by atoms with Gasteiger partial charge in [0.15, 0.2) is 0 Å². The lowest BCUT2D eigenvalue weighted by molar-refractivity contribution is -0.146. The Labute approximate surface area is 153 Å². The number of hydrogen-bond acceptors (Lipinski definition) is 2. The van der Waals surface area contributed by atoms with E-state index >= 15 is 0 Å². The predicted molar refractivity (Wildman–Crippen MR) is 98.0 cm³/mol. The van der Waals surface area contributed by atoms with Crippen LogP contribution in [0.1, 0.15) is 50.5 Å². The van der Waals surface area contributed by atoms with Crippen LogP contribution >= 0.6 is 0 Å². The summed E-state index contributed by atoms with van der Waals surface area (Å²) in [6, 6.07) is 4.29. The molecule has 0 aliphatic heterocycles. The molecule has 2 amide bonds. The summed E-state index contributed by atoms with van der Waals surface area (Å²) in [4.78, 5) is 25.0. The molecular weight excluding hydrogens is 331 g/mol. The minimum Gasteiger partial charge on any atom is -0.355 e. The highest BCUT2D eigenvalue weighted by atomic mass is 19.1. The molecule has 5 rings (SSSR count). The maximum atomic E-state index is 13.1. The van der Waals surface area contributed by atoms with Crippen molar-refractivity contribution < 1.29 is 14.0 Å². The Bertz CT molecular complexity index is 695. The van der Waals surface area contributed by atoms with Gasteiger partial charge in [0.2, 0.25) is 11.8 Å². The quantitative estimate of drug-likeness (QED) is 0.841.